The highest BCUT2D eigenvalue weighted by atomic mass is 35.5. The van der Waals surface area contributed by atoms with Gasteiger partial charge < -0.3 is 9.72 Å². The number of imidazole rings is 1. The first-order valence-electron chi connectivity index (χ1n) is 5.97. The lowest BCUT2D eigenvalue weighted by Crippen LogP contribution is -1.90. The molecule has 0 aliphatic heterocycles. The molecule has 0 fully saturated rings. The SMILES string of the molecule is COc1ccc(C)cc1-c1nc2ccc(Cl)cc2[nH]1. The molecule has 0 aliphatic rings. The number of nitrogens with zero attached hydrogens (tertiary/aromatic N) is 1. The summed E-state index contributed by atoms with van der Waals surface area (Å²) in [4.78, 5) is 7.86. The standard InChI is InChI=1S/C15H13ClN2O/c1-9-3-6-14(19-2)11(7-9)15-17-12-5-4-10(16)8-13(12)18-15/h3-8H,1-2H3,(H,17,18). The molecule has 1 N–H and O–H groups in total. The van der Waals surface area contributed by atoms with Gasteiger partial charge in [-0.05, 0) is 37.3 Å². The van der Waals surface area contributed by atoms with E-state index in [1.54, 1.807) is 7.11 Å². The average Bonchev–Trinajstić information content (AvgIpc) is 2.81. The maximum absolute atomic E-state index is 5.99. The van der Waals surface area contributed by atoms with Crippen molar-refractivity contribution in [3.8, 4) is 17.1 Å². The second-order valence-electron chi connectivity index (χ2n) is 4.45. The summed E-state index contributed by atoms with van der Waals surface area (Å²) in [6.45, 7) is 2.04. The normalized spacial score (nSPS) is 10.9. The van der Waals surface area contributed by atoms with Gasteiger partial charge in [-0.2, -0.15) is 0 Å². The maximum Gasteiger partial charge on any atom is 0.142 e. The zero-order valence-corrected chi connectivity index (χ0v) is 11.5. The van der Waals surface area contributed by atoms with Crippen LogP contribution in [0.25, 0.3) is 22.4 Å². The fourth-order valence-corrected chi connectivity index (χ4v) is 2.29. The van der Waals surface area contributed by atoms with Gasteiger partial charge in [-0.25, -0.2) is 4.98 Å². The van der Waals surface area contributed by atoms with Crippen molar-refractivity contribution in [2.24, 2.45) is 0 Å². The molecule has 1 heterocycles. The minimum absolute atomic E-state index is 0.693. The van der Waals surface area contributed by atoms with Gasteiger partial charge in [-0.3, -0.25) is 0 Å². The topological polar surface area (TPSA) is 37.9 Å². The Hall–Kier alpha value is -2.00. The highest BCUT2D eigenvalue weighted by Crippen LogP contribution is 2.30. The second-order valence-corrected chi connectivity index (χ2v) is 4.89. The molecule has 3 nitrogen and oxygen atoms in total. The molecule has 0 saturated heterocycles. The number of methoxy groups -OCH3 is 1. The van der Waals surface area contributed by atoms with Gasteiger partial charge in [-0.1, -0.05) is 23.2 Å². The Morgan fingerprint density at radius 2 is 2.00 bits per heavy atom. The zero-order valence-electron chi connectivity index (χ0n) is 10.7. The lowest BCUT2D eigenvalue weighted by atomic mass is 10.1. The van der Waals surface area contributed by atoms with Gasteiger partial charge in [0.1, 0.15) is 11.6 Å². The highest BCUT2D eigenvalue weighted by Gasteiger charge is 2.11. The van der Waals surface area contributed by atoms with E-state index in [0.29, 0.717) is 5.02 Å². The summed E-state index contributed by atoms with van der Waals surface area (Å²) in [6.07, 6.45) is 0. The first-order valence-corrected chi connectivity index (χ1v) is 6.35. The molecule has 0 bridgehead atoms. The predicted octanol–water partition coefficient (Wildman–Crippen LogP) is 4.20. The number of ether oxygens (including phenoxy) is 1. The summed E-state index contributed by atoms with van der Waals surface area (Å²) in [5, 5.41) is 0.693. The first-order chi connectivity index (χ1) is 9.17. The molecular weight excluding hydrogens is 260 g/mol. The molecule has 0 amide bonds. The van der Waals surface area contributed by atoms with E-state index in [0.717, 1.165) is 33.7 Å². The van der Waals surface area contributed by atoms with Crippen molar-refractivity contribution in [3.05, 3.63) is 47.0 Å². The number of aryl methyl sites for hydroxylation is 1. The Labute approximate surface area is 116 Å². The van der Waals surface area contributed by atoms with E-state index < -0.39 is 0 Å². The molecule has 0 spiro atoms. The number of aromatic nitrogens is 2. The minimum Gasteiger partial charge on any atom is -0.496 e. The lowest BCUT2D eigenvalue weighted by molar-refractivity contribution is 0.416. The molecule has 96 valence electrons. The number of nitrogens with one attached hydrogen (secondary N) is 1. The summed E-state index contributed by atoms with van der Waals surface area (Å²) in [6, 6.07) is 11.6. The summed E-state index contributed by atoms with van der Waals surface area (Å²) in [5.74, 6) is 1.59. The van der Waals surface area contributed by atoms with Gasteiger partial charge in [0, 0.05) is 5.02 Å². The third kappa shape index (κ3) is 2.17. The summed E-state index contributed by atoms with van der Waals surface area (Å²) < 4.78 is 5.39. The van der Waals surface area contributed by atoms with E-state index in [1.807, 2.05) is 37.3 Å². The average molecular weight is 273 g/mol. The van der Waals surface area contributed by atoms with E-state index in [-0.39, 0.29) is 0 Å². The monoisotopic (exact) mass is 272 g/mol. The Kier molecular flexibility index (Phi) is 2.91. The fraction of sp³-hybridized carbons (Fsp3) is 0.133. The highest BCUT2D eigenvalue weighted by molar-refractivity contribution is 6.31. The Morgan fingerprint density at radius 3 is 2.79 bits per heavy atom. The van der Waals surface area contributed by atoms with E-state index in [4.69, 9.17) is 16.3 Å². The van der Waals surface area contributed by atoms with Crippen LogP contribution in [-0.4, -0.2) is 17.1 Å². The van der Waals surface area contributed by atoms with Crippen LogP contribution in [0.5, 0.6) is 5.75 Å². The molecule has 2 aromatic carbocycles. The van der Waals surface area contributed by atoms with Gasteiger partial charge in [0.25, 0.3) is 0 Å². The summed E-state index contributed by atoms with van der Waals surface area (Å²) in [7, 11) is 1.66. The minimum atomic E-state index is 0.693. The van der Waals surface area contributed by atoms with Crippen LogP contribution >= 0.6 is 11.6 Å². The van der Waals surface area contributed by atoms with Crippen molar-refractivity contribution >= 4 is 22.6 Å². The van der Waals surface area contributed by atoms with Crippen molar-refractivity contribution in [3.63, 3.8) is 0 Å². The Bertz CT molecular complexity index is 749. The van der Waals surface area contributed by atoms with Crippen LogP contribution in [0.15, 0.2) is 36.4 Å². The van der Waals surface area contributed by atoms with Gasteiger partial charge in [0.2, 0.25) is 0 Å². The van der Waals surface area contributed by atoms with Crippen molar-refractivity contribution < 1.29 is 4.74 Å². The van der Waals surface area contributed by atoms with E-state index >= 15 is 0 Å². The molecule has 0 radical (unpaired) electrons. The number of rotatable bonds is 2. The van der Waals surface area contributed by atoms with Crippen molar-refractivity contribution in [2.45, 2.75) is 6.92 Å². The third-order valence-corrected chi connectivity index (χ3v) is 3.29. The van der Waals surface area contributed by atoms with Crippen LogP contribution in [0.3, 0.4) is 0 Å². The molecule has 3 aromatic rings. The number of hydrogen-bond acceptors (Lipinski definition) is 2. The fourth-order valence-electron chi connectivity index (χ4n) is 2.12. The molecular formula is C15H13ClN2O. The maximum atomic E-state index is 5.99. The van der Waals surface area contributed by atoms with Crippen molar-refractivity contribution in [2.75, 3.05) is 7.11 Å². The van der Waals surface area contributed by atoms with Crippen molar-refractivity contribution in [1.82, 2.24) is 9.97 Å². The van der Waals surface area contributed by atoms with E-state index in [1.165, 1.54) is 0 Å². The molecule has 3 rings (SSSR count). The van der Waals surface area contributed by atoms with Gasteiger partial charge >= 0.3 is 0 Å². The van der Waals surface area contributed by atoms with E-state index in [2.05, 4.69) is 16.0 Å². The van der Waals surface area contributed by atoms with Gasteiger partial charge in [0.05, 0.1) is 23.7 Å². The molecule has 19 heavy (non-hydrogen) atoms. The molecule has 4 heteroatoms. The largest absolute Gasteiger partial charge is 0.496 e. The number of aromatic amines is 1. The summed E-state index contributed by atoms with van der Waals surface area (Å²) in [5.41, 5.74) is 3.93. The number of H-pyrrole nitrogens is 1. The Balaban J connectivity index is 2.21. The van der Waals surface area contributed by atoms with Gasteiger partial charge in [-0.15, -0.1) is 0 Å². The lowest BCUT2D eigenvalue weighted by Gasteiger charge is -2.06. The number of hydrogen-bond donors (Lipinski definition) is 1. The van der Waals surface area contributed by atoms with E-state index in [9.17, 15) is 0 Å². The number of halogens is 1. The van der Waals surface area contributed by atoms with Crippen LogP contribution in [0.1, 0.15) is 5.56 Å². The van der Waals surface area contributed by atoms with Crippen LogP contribution in [0.4, 0.5) is 0 Å². The molecule has 1 aromatic heterocycles. The van der Waals surface area contributed by atoms with Crippen LogP contribution < -0.4 is 4.74 Å². The quantitative estimate of drug-likeness (QED) is 0.759. The Morgan fingerprint density at radius 1 is 1.16 bits per heavy atom. The van der Waals surface area contributed by atoms with Gasteiger partial charge in [0.15, 0.2) is 0 Å². The smallest absolute Gasteiger partial charge is 0.142 e. The van der Waals surface area contributed by atoms with Crippen LogP contribution in [0, 0.1) is 6.92 Å². The first kappa shape index (κ1) is 12.1. The second kappa shape index (κ2) is 4.59. The molecule has 0 unspecified atom stereocenters. The zero-order chi connectivity index (χ0) is 13.4. The number of fused-ring (bicyclic) bond motifs is 1. The molecule has 0 atom stereocenters. The van der Waals surface area contributed by atoms with Crippen LogP contribution in [0.2, 0.25) is 5.02 Å². The summed E-state index contributed by atoms with van der Waals surface area (Å²) >= 11 is 5.99. The predicted molar refractivity (Wildman–Crippen MR) is 77.8 cm³/mol. The molecule has 0 saturated carbocycles. The third-order valence-electron chi connectivity index (χ3n) is 3.05. The molecule has 0 aliphatic carbocycles. The number of benzene rings is 2. The van der Waals surface area contributed by atoms with Crippen LogP contribution in [-0.2, 0) is 0 Å². The van der Waals surface area contributed by atoms with Crippen molar-refractivity contribution in [1.29, 1.82) is 0 Å².